The van der Waals surface area contributed by atoms with Gasteiger partial charge in [-0.25, -0.2) is 14.8 Å². The van der Waals surface area contributed by atoms with E-state index in [1.165, 1.54) is 12.4 Å². The van der Waals surface area contributed by atoms with Gasteiger partial charge in [-0.3, -0.25) is 4.68 Å². The third-order valence-electron chi connectivity index (χ3n) is 2.29. The van der Waals surface area contributed by atoms with Crippen LogP contribution in [0.25, 0.3) is 0 Å². The van der Waals surface area contributed by atoms with E-state index < -0.39 is 5.97 Å². The van der Waals surface area contributed by atoms with Gasteiger partial charge in [0, 0.05) is 24.6 Å². The van der Waals surface area contributed by atoms with E-state index in [9.17, 15) is 4.79 Å². The van der Waals surface area contributed by atoms with Crippen LogP contribution < -0.4 is 5.32 Å². The van der Waals surface area contributed by atoms with Gasteiger partial charge in [-0.2, -0.15) is 5.10 Å². The molecule has 7 heteroatoms. The van der Waals surface area contributed by atoms with Crippen LogP contribution in [0, 0.1) is 0 Å². The van der Waals surface area contributed by atoms with Crippen molar-refractivity contribution < 1.29 is 9.90 Å². The molecule has 0 unspecified atom stereocenters. The molecule has 0 radical (unpaired) electrons. The lowest BCUT2D eigenvalue weighted by molar-refractivity contribution is 0.0696. The molecule has 0 aromatic carbocycles. The van der Waals surface area contributed by atoms with Crippen LogP contribution in [0.4, 0.5) is 11.6 Å². The molecule has 0 aliphatic rings. The summed E-state index contributed by atoms with van der Waals surface area (Å²) < 4.78 is 1.80. The highest BCUT2D eigenvalue weighted by atomic mass is 16.4. The van der Waals surface area contributed by atoms with Gasteiger partial charge in [0.15, 0.2) is 0 Å². The molecule has 2 aromatic rings. The Morgan fingerprint density at radius 1 is 1.33 bits per heavy atom. The Morgan fingerprint density at radius 3 is 2.50 bits per heavy atom. The summed E-state index contributed by atoms with van der Waals surface area (Å²) in [6.07, 6.45) is 6.00. The number of nitrogens with one attached hydrogen (secondary N) is 1. The van der Waals surface area contributed by atoms with Gasteiger partial charge >= 0.3 is 5.97 Å². The Morgan fingerprint density at radius 2 is 2.00 bits per heavy atom. The standard InChI is InChI=1S/C11H13N5O2/c1-7(2)16-6-9(5-14-16)15-11-12-3-8(4-13-11)10(17)18/h3-7H,1-2H3,(H,17,18)(H,12,13,15). The molecule has 2 heterocycles. The highest BCUT2D eigenvalue weighted by Gasteiger charge is 2.06. The molecule has 0 saturated carbocycles. The van der Waals surface area contributed by atoms with Crippen molar-refractivity contribution in [1.29, 1.82) is 0 Å². The molecule has 2 rings (SSSR count). The summed E-state index contributed by atoms with van der Waals surface area (Å²) in [5.41, 5.74) is 0.810. The molecule has 7 nitrogen and oxygen atoms in total. The number of nitrogens with zero attached hydrogens (tertiary/aromatic N) is 4. The first kappa shape index (κ1) is 12.0. The largest absolute Gasteiger partial charge is 0.478 e. The van der Waals surface area contributed by atoms with Crippen molar-refractivity contribution in [3.63, 3.8) is 0 Å². The van der Waals surface area contributed by atoms with Crippen molar-refractivity contribution in [2.75, 3.05) is 5.32 Å². The van der Waals surface area contributed by atoms with E-state index in [1.54, 1.807) is 10.9 Å². The van der Waals surface area contributed by atoms with E-state index in [-0.39, 0.29) is 11.6 Å². The molecule has 18 heavy (non-hydrogen) atoms. The van der Waals surface area contributed by atoms with E-state index in [0.29, 0.717) is 5.95 Å². The third kappa shape index (κ3) is 2.62. The predicted octanol–water partition coefficient (Wildman–Crippen LogP) is 1.70. The van der Waals surface area contributed by atoms with E-state index in [4.69, 9.17) is 5.11 Å². The maximum atomic E-state index is 10.6. The maximum Gasteiger partial charge on any atom is 0.338 e. The molecule has 0 fully saturated rings. The summed E-state index contributed by atoms with van der Waals surface area (Å²) in [5.74, 6) is -0.711. The molecule has 0 spiro atoms. The second-order valence-electron chi connectivity index (χ2n) is 4.03. The number of carbonyl (C=O) groups is 1. The fourth-order valence-electron chi connectivity index (χ4n) is 1.32. The van der Waals surface area contributed by atoms with E-state index >= 15 is 0 Å². The minimum absolute atomic E-state index is 0.0541. The molecule has 0 atom stereocenters. The fraction of sp³-hybridized carbons (Fsp3) is 0.273. The van der Waals surface area contributed by atoms with Crippen molar-refractivity contribution in [2.45, 2.75) is 19.9 Å². The Balaban J connectivity index is 2.10. The lowest BCUT2D eigenvalue weighted by atomic mass is 10.3. The Hall–Kier alpha value is -2.44. The molecule has 0 saturated heterocycles. The predicted molar refractivity (Wildman–Crippen MR) is 64.9 cm³/mol. The van der Waals surface area contributed by atoms with Crippen molar-refractivity contribution in [3.8, 4) is 0 Å². The third-order valence-corrected chi connectivity index (χ3v) is 2.29. The smallest absolute Gasteiger partial charge is 0.338 e. The van der Waals surface area contributed by atoms with Crippen molar-refractivity contribution in [3.05, 3.63) is 30.4 Å². The van der Waals surface area contributed by atoms with Crippen molar-refractivity contribution in [2.24, 2.45) is 0 Å². The molecule has 0 amide bonds. The van der Waals surface area contributed by atoms with Crippen molar-refractivity contribution >= 4 is 17.6 Å². The van der Waals surface area contributed by atoms with Gasteiger partial charge in [-0.15, -0.1) is 0 Å². The Kier molecular flexibility index (Phi) is 3.22. The van der Waals surface area contributed by atoms with Gasteiger partial charge in [0.1, 0.15) is 0 Å². The lowest BCUT2D eigenvalue weighted by Gasteiger charge is -2.03. The number of aromatic nitrogens is 4. The van der Waals surface area contributed by atoms with Crippen LogP contribution in [0.5, 0.6) is 0 Å². The quantitative estimate of drug-likeness (QED) is 0.854. The maximum absolute atomic E-state index is 10.6. The zero-order chi connectivity index (χ0) is 13.1. The first-order chi connectivity index (χ1) is 8.56. The summed E-state index contributed by atoms with van der Waals surface area (Å²) in [4.78, 5) is 18.5. The lowest BCUT2D eigenvalue weighted by Crippen LogP contribution is -2.02. The molecule has 94 valence electrons. The zero-order valence-electron chi connectivity index (χ0n) is 10.0. The topological polar surface area (TPSA) is 92.9 Å². The molecular weight excluding hydrogens is 234 g/mol. The summed E-state index contributed by atoms with van der Waals surface area (Å²) in [5, 5.41) is 15.8. The number of aromatic carboxylic acids is 1. The second kappa shape index (κ2) is 4.82. The molecular formula is C11H13N5O2. The number of hydrogen-bond donors (Lipinski definition) is 2. The monoisotopic (exact) mass is 247 g/mol. The SMILES string of the molecule is CC(C)n1cc(Nc2ncc(C(=O)O)cn2)cn1. The molecule has 0 aliphatic carbocycles. The fourth-order valence-corrected chi connectivity index (χ4v) is 1.32. The van der Waals surface area contributed by atoms with Crippen LogP contribution >= 0.6 is 0 Å². The number of rotatable bonds is 4. The summed E-state index contributed by atoms with van der Waals surface area (Å²) in [7, 11) is 0. The van der Waals surface area contributed by atoms with Crippen LogP contribution in [0.3, 0.4) is 0 Å². The number of carboxylic acid groups (broad SMARTS) is 1. The summed E-state index contributed by atoms with van der Waals surface area (Å²) >= 11 is 0. The van der Waals surface area contributed by atoms with Gasteiger partial charge < -0.3 is 10.4 Å². The van der Waals surface area contributed by atoms with Crippen LogP contribution in [-0.4, -0.2) is 30.8 Å². The van der Waals surface area contributed by atoms with Crippen molar-refractivity contribution in [1.82, 2.24) is 19.7 Å². The van der Waals surface area contributed by atoms with Gasteiger partial charge in [-0.05, 0) is 13.8 Å². The van der Waals surface area contributed by atoms with Gasteiger partial charge in [0.25, 0.3) is 0 Å². The van der Waals surface area contributed by atoms with Crippen LogP contribution in [0.15, 0.2) is 24.8 Å². The summed E-state index contributed by atoms with van der Waals surface area (Å²) in [6.45, 7) is 4.05. The van der Waals surface area contributed by atoms with Crippen LogP contribution in [-0.2, 0) is 0 Å². The number of carboxylic acids is 1. The number of hydrogen-bond acceptors (Lipinski definition) is 5. The zero-order valence-corrected chi connectivity index (χ0v) is 10.0. The molecule has 0 aliphatic heterocycles. The van der Waals surface area contributed by atoms with Crippen LogP contribution in [0.2, 0.25) is 0 Å². The van der Waals surface area contributed by atoms with Gasteiger partial charge in [-0.1, -0.05) is 0 Å². The average molecular weight is 247 g/mol. The van der Waals surface area contributed by atoms with E-state index in [1.807, 2.05) is 20.0 Å². The van der Waals surface area contributed by atoms with Crippen LogP contribution in [0.1, 0.15) is 30.2 Å². The molecule has 0 bridgehead atoms. The normalized spacial score (nSPS) is 10.6. The Labute approximate surface area is 104 Å². The van der Waals surface area contributed by atoms with Gasteiger partial charge in [0.05, 0.1) is 17.4 Å². The average Bonchev–Trinajstić information content (AvgIpc) is 2.78. The first-order valence-corrected chi connectivity index (χ1v) is 5.43. The Bertz CT molecular complexity index is 547. The highest BCUT2D eigenvalue weighted by Crippen LogP contribution is 2.13. The number of anilines is 2. The molecule has 2 N–H and O–H groups in total. The molecule has 2 aromatic heterocycles. The minimum atomic E-state index is -1.05. The first-order valence-electron chi connectivity index (χ1n) is 5.43. The van der Waals surface area contributed by atoms with Gasteiger partial charge in [0.2, 0.25) is 5.95 Å². The van der Waals surface area contributed by atoms with E-state index in [0.717, 1.165) is 5.69 Å². The highest BCUT2D eigenvalue weighted by molar-refractivity contribution is 5.86. The minimum Gasteiger partial charge on any atom is -0.478 e. The summed E-state index contributed by atoms with van der Waals surface area (Å²) in [6, 6.07) is 0.274. The second-order valence-corrected chi connectivity index (χ2v) is 4.03. The van der Waals surface area contributed by atoms with E-state index in [2.05, 4.69) is 20.4 Å².